The average molecular weight is 260 g/mol. The summed E-state index contributed by atoms with van der Waals surface area (Å²) in [5, 5.41) is 8.70. The van der Waals surface area contributed by atoms with Crippen LogP contribution in [0.25, 0.3) is 0 Å². The molecule has 0 amide bonds. The number of carbonyl (C=O) groups is 1. The standard InChI is InChI=1S/C15H13FO3/c16-14-10-12(6-7-13(14)15(17)18)19-9-8-11-4-2-1-3-5-11/h1-7,10H,8-9H2,(H,17,18). The summed E-state index contributed by atoms with van der Waals surface area (Å²) in [7, 11) is 0. The molecule has 0 heterocycles. The smallest absolute Gasteiger partial charge is 0.338 e. The SMILES string of the molecule is O=C(O)c1ccc(OCCc2ccccc2)cc1F. The van der Waals surface area contributed by atoms with Gasteiger partial charge in [0.05, 0.1) is 12.2 Å². The zero-order valence-corrected chi connectivity index (χ0v) is 10.2. The molecule has 0 radical (unpaired) electrons. The molecule has 19 heavy (non-hydrogen) atoms. The molecule has 0 aromatic heterocycles. The molecule has 0 aliphatic rings. The fraction of sp³-hybridized carbons (Fsp3) is 0.133. The number of carboxylic acid groups (broad SMARTS) is 1. The Morgan fingerprint density at radius 1 is 1.16 bits per heavy atom. The second-order valence-electron chi connectivity index (χ2n) is 4.03. The Labute approximate surface area is 110 Å². The van der Waals surface area contributed by atoms with Gasteiger partial charge in [0, 0.05) is 12.5 Å². The van der Waals surface area contributed by atoms with E-state index in [1.165, 1.54) is 12.1 Å². The van der Waals surface area contributed by atoms with E-state index >= 15 is 0 Å². The lowest BCUT2D eigenvalue weighted by molar-refractivity contribution is 0.0692. The maximum atomic E-state index is 13.4. The zero-order chi connectivity index (χ0) is 13.7. The van der Waals surface area contributed by atoms with Crippen LogP contribution in [0, 0.1) is 5.82 Å². The molecule has 0 aliphatic carbocycles. The van der Waals surface area contributed by atoms with Crippen LogP contribution in [0.2, 0.25) is 0 Å². The number of carboxylic acids is 1. The predicted octanol–water partition coefficient (Wildman–Crippen LogP) is 3.15. The maximum Gasteiger partial charge on any atom is 0.338 e. The molecule has 0 spiro atoms. The first-order chi connectivity index (χ1) is 9.16. The molecule has 0 atom stereocenters. The summed E-state index contributed by atoms with van der Waals surface area (Å²) in [5.74, 6) is -1.74. The minimum Gasteiger partial charge on any atom is -0.493 e. The van der Waals surface area contributed by atoms with E-state index in [1.807, 2.05) is 30.3 Å². The van der Waals surface area contributed by atoms with E-state index in [-0.39, 0.29) is 5.56 Å². The first-order valence-electron chi connectivity index (χ1n) is 5.86. The summed E-state index contributed by atoms with van der Waals surface area (Å²) in [6, 6.07) is 13.5. The Bertz CT molecular complexity index is 567. The van der Waals surface area contributed by atoms with Gasteiger partial charge in [0.2, 0.25) is 0 Å². The van der Waals surface area contributed by atoms with E-state index in [2.05, 4.69) is 0 Å². The molecule has 0 fully saturated rings. The van der Waals surface area contributed by atoms with Crippen molar-refractivity contribution in [2.45, 2.75) is 6.42 Å². The van der Waals surface area contributed by atoms with Gasteiger partial charge in [-0.2, -0.15) is 0 Å². The molecule has 0 saturated heterocycles. The molecule has 2 aromatic carbocycles. The van der Waals surface area contributed by atoms with Crippen molar-refractivity contribution in [1.29, 1.82) is 0 Å². The van der Waals surface area contributed by atoms with Crippen LogP contribution in [0.1, 0.15) is 15.9 Å². The zero-order valence-electron chi connectivity index (χ0n) is 10.2. The highest BCUT2D eigenvalue weighted by atomic mass is 19.1. The predicted molar refractivity (Wildman–Crippen MR) is 69.0 cm³/mol. The van der Waals surface area contributed by atoms with Crippen LogP contribution < -0.4 is 4.74 Å². The topological polar surface area (TPSA) is 46.5 Å². The van der Waals surface area contributed by atoms with Crippen molar-refractivity contribution in [3.8, 4) is 5.75 Å². The quantitative estimate of drug-likeness (QED) is 0.898. The third kappa shape index (κ3) is 3.55. The maximum absolute atomic E-state index is 13.4. The number of rotatable bonds is 5. The summed E-state index contributed by atoms with van der Waals surface area (Å²) >= 11 is 0. The van der Waals surface area contributed by atoms with E-state index in [1.54, 1.807) is 0 Å². The van der Waals surface area contributed by atoms with Gasteiger partial charge in [-0.25, -0.2) is 9.18 Å². The Kier molecular flexibility index (Phi) is 4.13. The first kappa shape index (κ1) is 13.1. The minimum atomic E-state index is -1.28. The number of benzene rings is 2. The molecule has 4 heteroatoms. The van der Waals surface area contributed by atoms with Gasteiger partial charge in [0.25, 0.3) is 0 Å². The van der Waals surface area contributed by atoms with Crippen LogP contribution in [0.3, 0.4) is 0 Å². The summed E-state index contributed by atoms with van der Waals surface area (Å²) in [5.41, 5.74) is 0.778. The summed E-state index contributed by atoms with van der Waals surface area (Å²) in [6.45, 7) is 0.413. The van der Waals surface area contributed by atoms with Crippen LogP contribution in [0.5, 0.6) is 5.75 Å². The van der Waals surface area contributed by atoms with Crippen LogP contribution in [-0.4, -0.2) is 17.7 Å². The second kappa shape index (κ2) is 6.00. The van der Waals surface area contributed by atoms with E-state index in [0.29, 0.717) is 18.8 Å². The normalized spacial score (nSPS) is 10.2. The van der Waals surface area contributed by atoms with Gasteiger partial charge in [-0.3, -0.25) is 0 Å². The Morgan fingerprint density at radius 3 is 2.53 bits per heavy atom. The molecule has 0 saturated carbocycles. The van der Waals surface area contributed by atoms with Crippen molar-refractivity contribution in [2.75, 3.05) is 6.61 Å². The molecular weight excluding hydrogens is 247 g/mol. The minimum absolute atomic E-state index is 0.332. The van der Waals surface area contributed by atoms with Crippen LogP contribution in [0.4, 0.5) is 4.39 Å². The Balaban J connectivity index is 1.93. The summed E-state index contributed by atoms with van der Waals surface area (Å²) in [6.07, 6.45) is 0.711. The lowest BCUT2D eigenvalue weighted by atomic mass is 10.2. The van der Waals surface area contributed by atoms with E-state index in [0.717, 1.165) is 11.6 Å². The van der Waals surface area contributed by atoms with Crippen LogP contribution >= 0.6 is 0 Å². The van der Waals surface area contributed by atoms with Gasteiger partial charge < -0.3 is 9.84 Å². The molecular formula is C15H13FO3. The lowest BCUT2D eigenvalue weighted by Gasteiger charge is -2.07. The summed E-state index contributed by atoms with van der Waals surface area (Å²) < 4.78 is 18.8. The van der Waals surface area contributed by atoms with Crippen molar-refractivity contribution >= 4 is 5.97 Å². The van der Waals surface area contributed by atoms with E-state index in [4.69, 9.17) is 9.84 Å². The Morgan fingerprint density at radius 2 is 1.89 bits per heavy atom. The number of aromatic carboxylic acids is 1. The average Bonchev–Trinajstić information content (AvgIpc) is 2.39. The van der Waals surface area contributed by atoms with Gasteiger partial charge in [-0.05, 0) is 17.7 Å². The fourth-order valence-corrected chi connectivity index (χ4v) is 1.69. The molecule has 3 nitrogen and oxygen atoms in total. The second-order valence-corrected chi connectivity index (χ2v) is 4.03. The van der Waals surface area contributed by atoms with Gasteiger partial charge in [-0.15, -0.1) is 0 Å². The number of halogens is 1. The molecule has 0 unspecified atom stereocenters. The van der Waals surface area contributed by atoms with Crippen molar-refractivity contribution in [3.63, 3.8) is 0 Å². The van der Waals surface area contributed by atoms with E-state index < -0.39 is 11.8 Å². The van der Waals surface area contributed by atoms with Crippen molar-refractivity contribution in [1.82, 2.24) is 0 Å². The summed E-state index contributed by atoms with van der Waals surface area (Å²) in [4.78, 5) is 10.7. The van der Waals surface area contributed by atoms with Crippen LogP contribution in [-0.2, 0) is 6.42 Å². The van der Waals surface area contributed by atoms with Gasteiger partial charge in [0.15, 0.2) is 0 Å². The Hall–Kier alpha value is -2.36. The highest BCUT2D eigenvalue weighted by molar-refractivity contribution is 5.88. The monoisotopic (exact) mass is 260 g/mol. The largest absolute Gasteiger partial charge is 0.493 e. The van der Waals surface area contributed by atoms with Gasteiger partial charge in [0.1, 0.15) is 11.6 Å². The lowest BCUT2D eigenvalue weighted by Crippen LogP contribution is -2.04. The number of hydrogen-bond acceptors (Lipinski definition) is 2. The number of hydrogen-bond donors (Lipinski definition) is 1. The molecule has 98 valence electrons. The number of ether oxygens (including phenoxy) is 1. The first-order valence-corrected chi connectivity index (χ1v) is 5.86. The molecule has 1 N–H and O–H groups in total. The van der Waals surface area contributed by atoms with E-state index in [9.17, 15) is 9.18 Å². The third-order valence-corrected chi connectivity index (χ3v) is 2.67. The van der Waals surface area contributed by atoms with Crippen LogP contribution in [0.15, 0.2) is 48.5 Å². The highest BCUT2D eigenvalue weighted by Gasteiger charge is 2.10. The van der Waals surface area contributed by atoms with Gasteiger partial charge in [-0.1, -0.05) is 30.3 Å². The third-order valence-electron chi connectivity index (χ3n) is 2.67. The van der Waals surface area contributed by atoms with Gasteiger partial charge >= 0.3 is 5.97 Å². The molecule has 2 aromatic rings. The van der Waals surface area contributed by atoms with Crippen molar-refractivity contribution in [3.05, 3.63) is 65.5 Å². The molecule has 0 aliphatic heterocycles. The fourth-order valence-electron chi connectivity index (χ4n) is 1.69. The van der Waals surface area contributed by atoms with Crippen molar-refractivity contribution in [2.24, 2.45) is 0 Å². The molecule has 0 bridgehead atoms. The highest BCUT2D eigenvalue weighted by Crippen LogP contribution is 2.17. The van der Waals surface area contributed by atoms with Crippen molar-refractivity contribution < 1.29 is 19.0 Å². The molecule has 2 rings (SSSR count).